The Labute approximate surface area is 162 Å². The zero-order valence-corrected chi connectivity index (χ0v) is 16.4. The van der Waals surface area contributed by atoms with Gasteiger partial charge in [0.1, 0.15) is 5.75 Å². The van der Waals surface area contributed by atoms with Crippen molar-refractivity contribution in [3.8, 4) is 5.75 Å². The fourth-order valence-corrected chi connectivity index (χ4v) is 3.62. The Kier molecular flexibility index (Phi) is 7.10. The first-order valence-corrected chi connectivity index (χ1v) is 9.22. The van der Waals surface area contributed by atoms with Crippen LogP contribution in [0.3, 0.4) is 0 Å². The van der Waals surface area contributed by atoms with Gasteiger partial charge in [-0.25, -0.2) is 0 Å². The summed E-state index contributed by atoms with van der Waals surface area (Å²) in [6.07, 6.45) is 0. The van der Waals surface area contributed by atoms with Gasteiger partial charge in [0.05, 0.1) is 21.3 Å². The average molecular weight is 447 g/mol. The van der Waals surface area contributed by atoms with E-state index in [-0.39, 0.29) is 24.1 Å². The van der Waals surface area contributed by atoms with Gasteiger partial charge < -0.3 is 15.0 Å². The SMILES string of the molecule is CC(NC(=O)CN(C)C(=O)c1ccc(Br)s1)c1cccc(OC(F)F)c1. The Morgan fingerprint density at radius 3 is 2.65 bits per heavy atom. The van der Waals surface area contributed by atoms with Crippen molar-refractivity contribution in [2.24, 2.45) is 0 Å². The molecule has 0 radical (unpaired) electrons. The highest BCUT2D eigenvalue weighted by Crippen LogP contribution is 2.23. The van der Waals surface area contributed by atoms with Crippen LogP contribution in [-0.4, -0.2) is 36.9 Å². The number of carbonyl (C=O) groups excluding carboxylic acids is 2. The number of hydrogen-bond donors (Lipinski definition) is 1. The number of ether oxygens (including phenoxy) is 1. The predicted octanol–water partition coefficient (Wildman–Crippen LogP) is 4.06. The topological polar surface area (TPSA) is 58.6 Å². The molecule has 2 aromatic rings. The van der Waals surface area contributed by atoms with Crippen molar-refractivity contribution < 1.29 is 23.1 Å². The Morgan fingerprint density at radius 2 is 2.04 bits per heavy atom. The maximum Gasteiger partial charge on any atom is 0.387 e. The van der Waals surface area contributed by atoms with Gasteiger partial charge in [0.25, 0.3) is 5.91 Å². The van der Waals surface area contributed by atoms with Crippen LogP contribution in [0.5, 0.6) is 5.75 Å². The van der Waals surface area contributed by atoms with Gasteiger partial charge >= 0.3 is 6.61 Å². The van der Waals surface area contributed by atoms with Gasteiger partial charge in [-0.2, -0.15) is 8.78 Å². The fourth-order valence-electron chi connectivity index (χ4n) is 2.24. The standard InChI is InChI=1S/C17H17BrF2N2O3S/c1-10(11-4-3-5-12(8-11)25-17(19)20)21-15(23)9-22(2)16(24)13-6-7-14(18)26-13/h3-8,10,17H,9H2,1-2H3,(H,21,23). The number of alkyl halides is 2. The molecule has 0 bridgehead atoms. The van der Waals surface area contributed by atoms with E-state index in [1.165, 1.54) is 35.4 Å². The molecule has 0 aliphatic heterocycles. The number of benzene rings is 1. The predicted molar refractivity (Wildman–Crippen MR) is 98.6 cm³/mol. The zero-order valence-electron chi connectivity index (χ0n) is 14.0. The number of amides is 2. The summed E-state index contributed by atoms with van der Waals surface area (Å²) in [6.45, 7) is -1.31. The van der Waals surface area contributed by atoms with E-state index < -0.39 is 12.7 Å². The molecule has 26 heavy (non-hydrogen) atoms. The highest BCUT2D eigenvalue weighted by molar-refractivity contribution is 9.11. The van der Waals surface area contributed by atoms with E-state index in [4.69, 9.17) is 0 Å². The number of thiophene rings is 1. The zero-order chi connectivity index (χ0) is 19.3. The van der Waals surface area contributed by atoms with Crippen molar-refractivity contribution >= 4 is 39.1 Å². The third-order valence-electron chi connectivity index (χ3n) is 3.47. The van der Waals surface area contributed by atoms with Gasteiger partial charge in [-0.05, 0) is 52.7 Å². The lowest BCUT2D eigenvalue weighted by Crippen LogP contribution is -2.39. The number of rotatable bonds is 7. The van der Waals surface area contributed by atoms with E-state index in [0.717, 1.165) is 3.79 Å². The third-order valence-corrected chi connectivity index (χ3v) is 5.08. The minimum atomic E-state index is -2.91. The van der Waals surface area contributed by atoms with E-state index in [1.54, 1.807) is 31.2 Å². The fraction of sp³-hybridized carbons (Fsp3) is 0.294. The third kappa shape index (κ3) is 5.77. The van der Waals surface area contributed by atoms with E-state index in [1.807, 2.05) is 0 Å². The first-order valence-electron chi connectivity index (χ1n) is 7.61. The monoisotopic (exact) mass is 446 g/mol. The van der Waals surface area contributed by atoms with Crippen molar-refractivity contribution in [1.29, 1.82) is 0 Å². The largest absolute Gasteiger partial charge is 0.435 e. The van der Waals surface area contributed by atoms with Crippen molar-refractivity contribution in [1.82, 2.24) is 10.2 Å². The van der Waals surface area contributed by atoms with Crippen LogP contribution in [-0.2, 0) is 4.79 Å². The lowest BCUT2D eigenvalue weighted by atomic mass is 10.1. The van der Waals surface area contributed by atoms with Crippen LogP contribution in [0.15, 0.2) is 40.2 Å². The molecule has 0 fully saturated rings. The van der Waals surface area contributed by atoms with E-state index in [9.17, 15) is 18.4 Å². The van der Waals surface area contributed by atoms with Gasteiger partial charge in [-0.15, -0.1) is 11.3 Å². The minimum Gasteiger partial charge on any atom is -0.435 e. The molecule has 0 saturated heterocycles. The summed E-state index contributed by atoms with van der Waals surface area (Å²) in [5.41, 5.74) is 0.618. The molecule has 0 aliphatic rings. The van der Waals surface area contributed by atoms with Crippen LogP contribution >= 0.6 is 27.3 Å². The molecular weight excluding hydrogens is 430 g/mol. The molecule has 1 aromatic heterocycles. The van der Waals surface area contributed by atoms with E-state index >= 15 is 0 Å². The Hall–Kier alpha value is -2.00. The van der Waals surface area contributed by atoms with Crippen LogP contribution in [0.25, 0.3) is 0 Å². The van der Waals surface area contributed by atoms with Gasteiger partial charge in [-0.1, -0.05) is 12.1 Å². The average Bonchev–Trinajstić information content (AvgIpc) is 3.00. The number of halogens is 3. The second-order valence-corrected chi connectivity index (χ2v) is 7.97. The quantitative estimate of drug-likeness (QED) is 0.697. The van der Waals surface area contributed by atoms with Gasteiger partial charge in [0.2, 0.25) is 5.91 Å². The molecule has 0 spiro atoms. The van der Waals surface area contributed by atoms with Crippen LogP contribution in [0, 0.1) is 0 Å². The number of nitrogens with zero attached hydrogens (tertiary/aromatic N) is 1. The molecule has 5 nitrogen and oxygen atoms in total. The summed E-state index contributed by atoms with van der Waals surface area (Å²) in [5, 5.41) is 2.74. The number of hydrogen-bond acceptors (Lipinski definition) is 4. The molecule has 2 rings (SSSR count). The summed E-state index contributed by atoms with van der Waals surface area (Å²) in [7, 11) is 1.54. The van der Waals surface area contributed by atoms with Crippen LogP contribution in [0.2, 0.25) is 0 Å². The molecule has 1 N–H and O–H groups in total. The molecule has 1 heterocycles. The first-order chi connectivity index (χ1) is 12.3. The molecule has 0 aliphatic carbocycles. The molecule has 2 amide bonds. The number of nitrogens with one attached hydrogen (secondary N) is 1. The summed E-state index contributed by atoms with van der Waals surface area (Å²) in [6, 6.07) is 9.14. The Balaban J connectivity index is 1.93. The van der Waals surface area contributed by atoms with Crippen LogP contribution < -0.4 is 10.1 Å². The lowest BCUT2D eigenvalue weighted by Gasteiger charge is -2.19. The highest BCUT2D eigenvalue weighted by atomic mass is 79.9. The maximum atomic E-state index is 12.3. The van der Waals surface area contributed by atoms with Gasteiger partial charge in [-0.3, -0.25) is 9.59 Å². The van der Waals surface area contributed by atoms with Gasteiger partial charge in [0.15, 0.2) is 0 Å². The summed E-state index contributed by atoms with van der Waals surface area (Å²) >= 11 is 4.58. The van der Waals surface area contributed by atoms with Crippen molar-refractivity contribution in [2.45, 2.75) is 19.6 Å². The highest BCUT2D eigenvalue weighted by Gasteiger charge is 2.18. The number of carbonyl (C=O) groups is 2. The van der Waals surface area contributed by atoms with Crippen molar-refractivity contribution in [2.75, 3.05) is 13.6 Å². The van der Waals surface area contributed by atoms with Crippen molar-refractivity contribution in [3.05, 3.63) is 50.6 Å². The first kappa shape index (κ1) is 20.3. The molecule has 140 valence electrons. The molecule has 9 heteroatoms. The summed E-state index contributed by atoms with van der Waals surface area (Å²) in [4.78, 5) is 26.3. The van der Waals surface area contributed by atoms with E-state index in [0.29, 0.717) is 10.4 Å². The Bertz CT molecular complexity index is 785. The normalized spacial score (nSPS) is 11.9. The van der Waals surface area contributed by atoms with Crippen LogP contribution in [0.1, 0.15) is 28.2 Å². The maximum absolute atomic E-state index is 12.3. The lowest BCUT2D eigenvalue weighted by molar-refractivity contribution is -0.122. The molecule has 1 atom stereocenters. The van der Waals surface area contributed by atoms with Gasteiger partial charge in [0, 0.05) is 7.05 Å². The molecule has 1 aromatic carbocycles. The van der Waals surface area contributed by atoms with E-state index in [2.05, 4.69) is 26.0 Å². The molecule has 0 saturated carbocycles. The minimum absolute atomic E-state index is 0.0224. The number of likely N-dealkylation sites (N-methyl/N-ethyl adjacent to an activating group) is 1. The Morgan fingerprint density at radius 1 is 1.31 bits per heavy atom. The molecule has 1 unspecified atom stereocenters. The van der Waals surface area contributed by atoms with Crippen molar-refractivity contribution in [3.63, 3.8) is 0 Å². The second kappa shape index (κ2) is 9.09. The van der Waals surface area contributed by atoms with Crippen LogP contribution in [0.4, 0.5) is 8.78 Å². The summed E-state index contributed by atoms with van der Waals surface area (Å²) < 4.78 is 29.8. The molecular formula is C17H17BrF2N2O3S. The smallest absolute Gasteiger partial charge is 0.387 e. The second-order valence-electron chi connectivity index (χ2n) is 5.51. The summed E-state index contributed by atoms with van der Waals surface area (Å²) in [5.74, 6) is -0.589.